The molecule has 0 aromatic heterocycles. The van der Waals surface area contributed by atoms with Crippen LogP contribution < -0.4 is 4.90 Å². The van der Waals surface area contributed by atoms with E-state index in [1.807, 2.05) is 6.08 Å². The first kappa shape index (κ1) is 15.4. The lowest BCUT2D eigenvalue weighted by atomic mass is 9.69. The van der Waals surface area contributed by atoms with Gasteiger partial charge in [-0.25, -0.2) is 0 Å². The van der Waals surface area contributed by atoms with Crippen molar-refractivity contribution in [3.8, 4) is 0 Å². The maximum absolute atomic E-state index is 11.7. The van der Waals surface area contributed by atoms with Gasteiger partial charge in [-0.3, -0.25) is 4.79 Å². The van der Waals surface area contributed by atoms with Gasteiger partial charge in [0.05, 0.1) is 0 Å². The Bertz CT molecular complexity index is 749. The van der Waals surface area contributed by atoms with Gasteiger partial charge in [-0.1, -0.05) is 24.3 Å². The number of hydrogen-bond donors (Lipinski definition) is 0. The first-order valence-corrected chi connectivity index (χ1v) is 9.04. The smallest absolute Gasteiger partial charge is 0.155 e. The highest BCUT2D eigenvalue weighted by Gasteiger charge is 2.31. The molecule has 3 aliphatic rings. The summed E-state index contributed by atoms with van der Waals surface area (Å²) in [5.41, 5.74) is 6.71. The number of hydrogen-bond acceptors (Lipinski definition) is 2. The highest BCUT2D eigenvalue weighted by molar-refractivity contribution is 5.92. The zero-order valence-corrected chi connectivity index (χ0v) is 14.6. The average Bonchev–Trinajstić information content (AvgIpc) is 2.59. The molecule has 0 fully saturated rings. The summed E-state index contributed by atoms with van der Waals surface area (Å²) in [6.45, 7) is 0. The Kier molecular flexibility index (Phi) is 3.91. The van der Waals surface area contributed by atoms with E-state index in [0.29, 0.717) is 17.6 Å². The molecule has 0 unspecified atom stereocenters. The zero-order valence-electron chi connectivity index (χ0n) is 14.6. The Labute approximate surface area is 144 Å². The van der Waals surface area contributed by atoms with Crippen molar-refractivity contribution < 1.29 is 4.79 Å². The van der Waals surface area contributed by atoms with Crippen LogP contribution in [0.1, 0.15) is 37.7 Å². The normalized spacial score (nSPS) is 25.9. The summed E-state index contributed by atoms with van der Waals surface area (Å²) in [5.74, 6) is 1.60. The van der Waals surface area contributed by atoms with Crippen molar-refractivity contribution in [3.05, 3.63) is 59.2 Å². The van der Waals surface area contributed by atoms with E-state index in [9.17, 15) is 4.79 Å². The highest BCUT2D eigenvalue weighted by Crippen LogP contribution is 2.44. The fraction of sp³-hybridized carbons (Fsp3) is 0.409. The van der Waals surface area contributed by atoms with Crippen molar-refractivity contribution in [1.29, 1.82) is 0 Å². The first-order valence-electron chi connectivity index (χ1n) is 9.04. The molecule has 0 aliphatic heterocycles. The lowest BCUT2D eigenvalue weighted by Gasteiger charge is -2.35. The number of carbonyl (C=O) groups is 1. The third-order valence-electron chi connectivity index (χ3n) is 5.77. The van der Waals surface area contributed by atoms with Gasteiger partial charge in [-0.15, -0.1) is 0 Å². The largest absolute Gasteiger partial charge is 0.378 e. The van der Waals surface area contributed by atoms with E-state index in [-0.39, 0.29) is 0 Å². The Morgan fingerprint density at radius 2 is 1.54 bits per heavy atom. The number of benzene rings is 1. The van der Waals surface area contributed by atoms with Gasteiger partial charge in [-0.05, 0) is 78.0 Å². The van der Waals surface area contributed by atoms with E-state index in [0.717, 1.165) is 19.3 Å². The van der Waals surface area contributed by atoms with Crippen LogP contribution in [0.2, 0.25) is 0 Å². The highest BCUT2D eigenvalue weighted by atomic mass is 16.1. The van der Waals surface area contributed by atoms with Gasteiger partial charge in [0, 0.05) is 26.2 Å². The number of ketones is 1. The summed E-state index contributed by atoms with van der Waals surface area (Å²) in [6, 6.07) is 8.85. The van der Waals surface area contributed by atoms with E-state index >= 15 is 0 Å². The van der Waals surface area contributed by atoms with Crippen LogP contribution in [0.15, 0.2) is 53.6 Å². The molecule has 1 aromatic carbocycles. The molecule has 2 heteroatoms. The molecule has 0 bridgehead atoms. The van der Waals surface area contributed by atoms with Gasteiger partial charge in [-0.2, -0.15) is 0 Å². The molecule has 4 rings (SSSR count). The van der Waals surface area contributed by atoms with Gasteiger partial charge in [0.1, 0.15) is 0 Å². The second kappa shape index (κ2) is 6.08. The molecular weight excluding hydrogens is 294 g/mol. The number of rotatable bonds is 2. The van der Waals surface area contributed by atoms with Gasteiger partial charge in [0.15, 0.2) is 5.78 Å². The van der Waals surface area contributed by atoms with Crippen LogP contribution >= 0.6 is 0 Å². The molecule has 3 aliphatic carbocycles. The predicted molar refractivity (Wildman–Crippen MR) is 100.0 cm³/mol. The molecule has 2 atom stereocenters. The van der Waals surface area contributed by atoms with Gasteiger partial charge < -0.3 is 4.90 Å². The number of fused-ring (bicyclic) bond motifs is 2. The Balaban J connectivity index is 1.64. The Morgan fingerprint density at radius 1 is 0.875 bits per heavy atom. The second-order valence-electron chi connectivity index (χ2n) is 7.57. The SMILES string of the molecule is CN(C)c1ccc(C2=CC3=CC4=CC(=O)CC[C@@H]4C[C@@H]3CC2)cc1. The van der Waals surface area contributed by atoms with Crippen LogP contribution in [0.25, 0.3) is 5.57 Å². The van der Waals surface area contributed by atoms with Crippen LogP contribution in [-0.4, -0.2) is 19.9 Å². The summed E-state index contributed by atoms with van der Waals surface area (Å²) in [7, 11) is 4.14. The van der Waals surface area contributed by atoms with Crippen molar-refractivity contribution in [3.63, 3.8) is 0 Å². The molecule has 124 valence electrons. The minimum absolute atomic E-state index is 0.302. The Hall–Kier alpha value is -2.09. The lowest BCUT2D eigenvalue weighted by Crippen LogP contribution is -2.23. The summed E-state index contributed by atoms with van der Waals surface area (Å²) >= 11 is 0. The summed E-state index contributed by atoms with van der Waals surface area (Å²) in [4.78, 5) is 13.9. The van der Waals surface area contributed by atoms with Crippen molar-refractivity contribution in [2.75, 3.05) is 19.0 Å². The number of carbonyl (C=O) groups excluding carboxylic acids is 1. The monoisotopic (exact) mass is 319 g/mol. The van der Waals surface area contributed by atoms with Gasteiger partial charge >= 0.3 is 0 Å². The van der Waals surface area contributed by atoms with Gasteiger partial charge in [0.25, 0.3) is 0 Å². The standard InChI is InChI=1S/C22H25NO/c1-23(2)21-8-5-15(6-9-21)16-3-4-17-11-18-7-10-22(24)14-20(18)13-19(17)12-16/h5-6,8-9,12-14,17-18H,3-4,7,10-11H2,1-2H3/t17-,18+/m0/s1. The van der Waals surface area contributed by atoms with Crippen LogP contribution in [0, 0.1) is 11.8 Å². The van der Waals surface area contributed by atoms with Crippen molar-refractivity contribution in [2.24, 2.45) is 11.8 Å². The molecule has 0 amide bonds. The van der Waals surface area contributed by atoms with E-state index in [1.54, 1.807) is 0 Å². The fourth-order valence-corrected chi connectivity index (χ4v) is 4.31. The van der Waals surface area contributed by atoms with Crippen molar-refractivity contribution in [1.82, 2.24) is 0 Å². The molecule has 0 spiro atoms. The van der Waals surface area contributed by atoms with Crippen LogP contribution in [0.4, 0.5) is 5.69 Å². The van der Waals surface area contributed by atoms with E-state index in [2.05, 4.69) is 55.4 Å². The minimum Gasteiger partial charge on any atom is -0.378 e. The topological polar surface area (TPSA) is 20.3 Å². The number of allylic oxidation sites excluding steroid dienone is 6. The average molecular weight is 319 g/mol. The van der Waals surface area contributed by atoms with E-state index in [4.69, 9.17) is 0 Å². The minimum atomic E-state index is 0.302. The third kappa shape index (κ3) is 2.86. The molecule has 24 heavy (non-hydrogen) atoms. The second-order valence-corrected chi connectivity index (χ2v) is 7.57. The number of anilines is 1. The molecule has 0 saturated heterocycles. The van der Waals surface area contributed by atoms with Crippen LogP contribution in [0.3, 0.4) is 0 Å². The number of nitrogens with zero attached hydrogens (tertiary/aromatic N) is 1. The zero-order chi connectivity index (χ0) is 16.7. The molecule has 1 aromatic rings. The first-order chi connectivity index (χ1) is 11.6. The summed E-state index contributed by atoms with van der Waals surface area (Å²) in [5, 5.41) is 0. The lowest BCUT2D eigenvalue weighted by molar-refractivity contribution is -0.115. The third-order valence-corrected chi connectivity index (χ3v) is 5.77. The molecule has 0 saturated carbocycles. The van der Waals surface area contributed by atoms with Crippen molar-refractivity contribution in [2.45, 2.75) is 32.1 Å². The maximum Gasteiger partial charge on any atom is 0.155 e. The van der Waals surface area contributed by atoms with E-state index < -0.39 is 0 Å². The molecule has 0 radical (unpaired) electrons. The summed E-state index contributed by atoms with van der Waals surface area (Å²) < 4.78 is 0. The van der Waals surface area contributed by atoms with Gasteiger partial charge in [0.2, 0.25) is 0 Å². The fourth-order valence-electron chi connectivity index (χ4n) is 4.31. The molecule has 2 nitrogen and oxygen atoms in total. The predicted octanol–water partition coefficient (Wildman–Crippen LogP) is 4.78. The quantitative estimate of drug-likeness (QED) is 0.782. The van der Waals surface area contributed by atoms with Crippen molar-refractivity contribution >= 4 is 17.0 Å². The summed E-state index contributed by atoms with van der Waals surface area (Å²) in [6.07, 6.45) is 12.0. The Morgan fingerprint density at radius 3 is 2.25 bits per heavy atom. The molecule has 0 heterocycles. The maximum atomic E-state index is 11.7. The van der Waals surface area contributed by atoms with Crippen LogP contribution in [-0.2, 0) is 4.79 Å². The van der Waals surface area contributed by atoms with Crippen LogP contribution in [0.5, 0.6) is 0 Å². The molecule has 0 N–H and O–H groups in total. The van der Waals surface area contributed by atoms with E-state index in [1.165, 1.54) is 40.8 Å². The molecular formula is C22H25NO.